The first-order valence-electron chi connectivity index (χ1n) is 5.82. The number of allylic oxidation sites excluding steroid dienone is 1. The molecule has 1 N–H and O–H groups in total. The SMILES string of the molecule is CNC[C@@H](C)Oc1ccc(F)c(/C=C/C(C)=O)c1. The zero-order valence-corrected chi connectivity index (χ0v) is 10.9. The molecule has 0 heterocycles. The Hall–Kier alpha value is -1.68. The van der Waals surface area contributed by atoms with Gasteiger partial charge in [-0.3, -0.25) is 4.79 Å². The molecule has 0 saturated carbocycles. The van der Waals surface area contributed by atoms with Gasteiger partial charge in [-0.2, -0.15) is 0 Å². The lowest BCUT2D eigenvalue weighted by Gasteiger charge is -2.14. The van der Waals surface area contributed by atoms with Gasteiger partial charge in [0, 0.05) is 12.1 Å². The molecule has 0 saturated heterocycles. The van der Waals surface area contributed by atoms with E-state index in [1.165, 1.54) is 25.1 Å². The molecule has 0 aliphatic rings. The summed E-state index contributed by atoms with van der Waals surface area (Å²) < 4.78 is 19.1. The molecule has 4 heteroatoms. The van der Waals surface area contributed by atoms with Crippen molar-refractivity contribution < 1.29 is 13.9 Å². The van der Waals surface area contributed by atoms with Crippen molar-refractivity contribution in [3.8, 4) is 5.75 Å². The van der Waals surface area contributed by atoms with Crippen LogP contribution in [0.5, 0.6) is 5.75 Å². The van der Waals surface area contributed by atoms with E-state index < -0.39 is 0 Å². The Morgan fingerprint density at radius 1 is 1.56 bits per heavy atom. The minimum atomic E-state index is -0.374. The van der Waals surface area contributed by atoms with Gasteiger partial charge in [0.25, 0.3) is 0 Å². The van der Waals surface area contributed by atoms with E-state index in [2.05, 4.69) is 5.32 Å². The highest BCUT2D eigenvalue weighted by atomic mass is 19.1. The van der Waals surface area contributed by atoms with E-state index in [1.54, 1.807) is 12.1 Å². The summed E-state index contributed by atoms with van der Waals surface area (Å²) in [6.45, 7) is 4.05. The van der Waals surface area contributed by atoms with Crippen molar-refractivity contribution in [2.24, 2.45) is 0 Å². The summed E-state index contributed by atoms with van der Waals surface area (Å²) in [5.41, 5.74) is 0.347. The lowest BCUT2D eigenvalue weighted by atomic mass is 10.1. The number of hydrogen-bond acceptors (Lipinski definition) is 3. The average molecular weight is 251 g/mol. The van der Waals surface area contributed by atoms with Crippen LogP contribution in [0.1, 0.15) is 19.4 Å². The highest BCUT2D eigenvalue weighted by molar-refractivity contribution is 5.91. The maximum absolute atomic E-state index is 13.5. The fraction of sp³-hybridized carbons (Fsp3) is 0.357. The fourth-order valence-electron chi connectivity index (χ4n) is 1.49. The van der Waals surface area contributed by atoms with Gasteiger partial charge in [-0.15, -0.1) is 0 Å². The van der Waals surface area contributed by atoms with Crippen LogP contribution >= 0.6 is 0 Å². The molecule has 1 atom stereocenters. The Bertz CT molecular complexity index is 443. The van der Waals surface area contributed by atoms with Crippen molar-refractivity contribution in [3.05, 3.63) is 35.7 Å². The van der Waals surface area contributed by atoms with Crippen LogP contribution in [0.4, 0.5) is 4.39 Å². The highest BCUT2D eigenvalue weighted by Crippen LogP contribution is 2.19. The number of ketones is 1. The number of rotatable bonds is 6. The van der Waals surface area contributed by atoms with Crippen LogP contribution < -0.4 is 10.1 Å². The molecule has 1 aromatic rings. The van der Waals surface area contributed by atoms with E-state index in [4.69, 9.17) is 4.74 Å². The number of benzene rings is 1. The van der Waals surface area contributed by atoms with Gasteiger partial charge in [-0.25, -0.2) is 4.39 Å². The van der Waals surface area contributed by atoms with E-state index in [9.17, 15) is 9.18 Å². The maximum atomic E-state index is 13.5. The minimum absolute atomic E-state index is 0.00917. The van der Waals surface area contributed by atoms with E-state index in [0.717, 1.165) is 0 Å². The number of nitrogens with one attached hydrogen (secondary N) is 1. The second-order valence-corrected chi connectivity index (χ2v) is 4.11. The topological polar surface area (TPSA) is 38.3 Å². The van der Waals surface area contributed by atoms with E-state index in [1.807, 2.05) is 14.0 Å². The third-order valence-corrected chi connectivity index (χ3v) is 2.29. The molecule has 0 aromatic heterocycles. The quantitative estimate of drug-likeness (QED) is 0.789. The van der Waals surface area contributed by atoms with Crippen LogP contribution in [0.25, 0.3) is 6.08 Å². The smallest absolute Gasteiger partial charge is 0.152 e. The van der Waals surface area contributed by atoms with Crippen LogP contribution in [-0.4, -0.2) is 25.5 Å². The normalized spacial score (nSPS) is 12.7. The highest BCUT2D eigenvalue weighted by Gasteiger charge is 2.05. The van der Waals surface area contributed by atoms with Gasteiger partial charge in [0.1, 0.15) is 17.7 Å². The number of carbonyl (C=O) groups is 1. The van der Waals surface area contributed by atoms with Gasteiger partial charge >= 0.3 is 0 Å². The first-order valence-corrected chi connectivity index (χ1v) is 5.82. The van der Waals surface area contributed by atoms with Crippen LogP contribution in [0.2, 0.25) is 0 Å². The molecule has 0 bridgehead atoms. The van der Waals surface area contributed by atoms with Gasteiger partial charge < -0.3 is 10.1 Å². The Morgan fingerprint density at radius 2 is 2.28 bits per heavy atom. The molecule has 0 amide bonds. The summed E-state index contributed by atoms with van der Waals surface area (Å²) in [6, 6.07) is 4.49. The van der Waals surface area contributed by atoms with Crippen molar-refractivity contribution >= 4 is 11.9 Å². The van der Waals surface area contributed by atoms with Crippen LogP contribution in [0.15, 0.2) is 24.3 Å². The third-order valence-electron chi connectivity index (χ3n) is 2.29. The summed E-state index contributed by atoms with van der Waals surface area (Å²) in [7, 11) is 1.84. The average Bonchev–Trinajstić information content (AvgIpc) is 2.30. The van der Waals surface area contributed by atoms with E-state index in [-0.39, 0.29) is 17.7 Å². The summed E-state index contributed by atoms with van der Waals surface area (Å²) >= 11 is 0. The predicted molar refractivity (Wildman–Crippen MR) is 70.1 cm³/mol. The fourth-order valence-corrected chi connectivity index (χ4v) is 1.49. The molecular weight excluding hydrogens is 233 g/mol. The standard InChI is InChI=1S/C14H18FNO2/c1-10(17)4-5-12-8-13(6-7-14(12)15)18-11(2)9-16-3/h4-8,11,16H,9H2,1-3H3/b5-4+/t11-/m1/s1. The van der Waals surface area contributed by atoms with Crippen molar-refractivity contribution in [1.82, 2.24) is 5.32 Å². The first-order chi connectivity index (χ1) is 8.52. The number of likely N-dealkylation sites (N-methyl/N-ethyl adjacent to an activating group) is 1. The summed E-state index contributed by atoms with van der Waals surface area (Å²) in [5.74, 6) is 0.0905. The number of carbonyl (C=O) groups excluding carboxylic acids is 1. The lowest BCUT2D eigenvalue weighted by Crippen LogP contribution is -2.26. The van der Waals surface area contributed by atoms with Gasteiger partial charge in [0.05, 0.1) is 0 Å². The molecule has 1 rings (SSSR count). The van der Waals surface area contributed by atoms with E-state index in [0.29, 0.717) is 17.9 Å². The molecule has 98 valence electrons. The Balaban J connectivity index is 2.83. The predicted octanol–water partition coefficient (Wildman–Crippen LogP) is 2.41. The van der Waals surface area contributed by atoms with Gasteiger partial charge in [-0.1, -0.05) is 0 Å². The van der Waals surface area contributed by atoms with E-state index >= 15 is 0 Å². The Kier molecular flexibility index (Phi) is 5.52. The maximum Gasteiger partial charge on any atom is 0.152 e. The summed E-state index contributed by atoms with van der Waals surface area (Å²) in [6.07, 6.45) is 2.78. The van der Waals surface area contributed by atoms with Crippen LogP contribution in [-0.2, 0) is 4.79 Å². The Labute approximate surface area is 107 Å². The molecule has 18 heavy (non-hydrogen) atoms. The van der Waals surface area contributed by atoms with Gasteiger partial charge in [0.15, 0.2) is 5.78 Å². The second kappa shape index (κ2) is 6.91. The molecule has 3 nitrogen and oxygen atoms in total. The zero-order chi connectivity index (χ0) is 13.5. The lowest BCUT2D eigenvalue weighted by molar-refractivity contribution is -0.112. The van der Waals surface area contributed by atoms with Crippen molar-refractivity contribution in [3.63, 3.8) is 0 Å². The molecule has 1 aromatic carbocycles. The minimum Gasteiger partial charge on any atom is -0.489 e. The first kappa shape index (κ1) is 14.4. The molecule has 0 aliphatic heterocycles. The molecule has 0 radical (unpaired) electrons. The number of ether oxygens (including phenoxy) is 1. The summed E-state index contributed by atoms with van der Waals surface area (Å²) in [4.78, 5) is 10.8. The molecular formula is C14H18FNO2. The van der Waals surface area contributed by atoms with Crippen LogP contribution in [0, 0.1) is 5.82 Å². The van der Waals surface area contributed by atoms with Crippen molar-refractivity contribution in [1.29, 1.82) is 0 Å². The van der Waals surface area contributed by atoms with Crippen molar-refractivity contribution in [2.45, 2.75) is 20.0 Å². The summed E-state index contributed by atoms with van der Waals surface area (Å²) in [5, 5.41) is 3.00. The monoisotopic (exact) mass is 251 g/mol. The Morgan fingerprint density at radius 3 is 2.89 bits per heavy atom. The third kappa shape index (κ3) is 4.67. The second-order valence-electron chi connectivity index (χ2n) is 4.11. The largest absolute Gasteiger partial charge is 0.489 e. The van der Waals surface area contributed by atoms with Crippen molar-refractivity contribution in [2.75, 3.05) is 13.6 Å². The van der Waals surface area contributed by atoms with Gasteiger partial charge in [-0.05, 0) is 51.2 Å². The number of halogens is 1. The molecule has 0 aliphatic carbocycles. The molecule has 0 spiro atoms. The zero-order valence-electron chi connectivity index (χ0n) is 10.9. The van der Waals surface area contributed by atoms with Gasteiger partial charge in [0.2, 0.25) is 0 Å². The molecule has 0 unspecified atom stereocenters. The molecule has 0 fully saturated rings. The number of hydrogen-bond donors (Lipinski definition) is 1. The van der Waals surface area contributed by atoms with Crippen LogP contribution in [0.3, 0.4) is 0 Å².